The zero-order valence-corrected chi connectivity index (χ0v) is 16.4. The van der Waals surface area contributed by atoms with Crippen molar-refractivity contribution in [1.82, 2.24) is 15.5 Å². The van der Waals surface area contributed by atoms with Gasteiger partial charge in [-0.05, 0) is 37.0 Å². The summed E-state index contributed by atoms with van der Waals surface area (Å²) in [6.45, 7) is 1.71. The first-order chi connectivity index (χ1) is 14.1. The second-order valence-electron chi connectivity index (χ2n) is 6.88. The molecule has 0 spiro atoms. The Kier molecular flexibility index (Phi) is 5.76. The zero-order valence-electron chi connectivity index (χ0n) is 15.6. The Morgan fingerprint density at radius 3 is 2.55 bits per heavy atom. The first-order valence-corrected chi connectivity index (χ1v) is 9.89. The predicted octanol–water partition coefficient (Wildman–Crippen LogP) is 4.37. The minimum Gasteiger partial charge on any atom is -0.405 e. The van der Waals surface area contributed by atoms with Gasteiger partial charge in [0.1, 0.15) is 11.9 Å². The van der Waals surface area contributed by atoms with Gasteiger partial charge in [0.25, 0.3) is 5.91 Å². The lowest BCUT2D eigenvalue weighted by Crippen LogP contribution is -2.30. The van der Waals surface area contributed by atoms with E-state index >= 15 is 0 Å². The molecular formula is C21H20ClFN4O2. The fourth-order valence-corrected chi connectivity index (χ4v) is 3.66. The lowest BCUT2D eigenvalue weighted by molar-refractivity contribution is 0.0934. The number of benzene rings is 2. The van der Waals surface area contributed by atoms with Crippen LogP contribution in [-0.4, -0.2) is 29.2 Å². The van der Waals surface area contributed by atoms with Gasteiger partial charge < -0.3 is 14.6 Å². The number of aromatic nitrogens is 2. The third kappa shape index (κ3) is 4.24. The van der Waals surface area contributed by atoms with Crippen molar-refractivity contribution in [1.29, 1.82) is 0 Å². The highest BCUT2D eigenvalue weighted by Gasteiger charge is 2.27. The van der Waals surface area contributed by atoms with Gasteiger partial charge in [-0.3, -0.25) is 4.79 Å². The Hall–Kier alpha value is -2.93. The van der Waals surface area contributed by atoms with Crippen molar-refractivity contribution in [2.45, 2.75) is 25.3 Å². The molecule has 29 heavy (non-hydrogen) atoms. The van der Waals surface area contributed by atoms with E-state index in [0.717, 1.165) is 31.5 Å². The van der Waals surface area contributed by atoms with Crippen molar-refractivity contribution >= 4 is 23.5 Å². The average molecular weight is 415 g/mol. The highest BCUT2D eigenvalue weighted by Crippen LogP contribution is 2.27. The fraction of sp³-hybridized carbons (Fsp3) is 0.286. The third-order valence-electron chi connectivity index (χ3n) is 4.90. The smallest absolute Gasteiger partial charge is 0.318 e. The maximum absolute atomic E-state index is 14.2. The fourth-order valence-electron chi connectivity index (χ4n) is 3.41. The number of carbonyl (C=O) groups is 1. The normalized spacial score (nSPS) is 15.2. The van der Waals surface area contributed by atoms with Gasteiger partial charge in [-0.25, -0.2) is 4.39 Å². The lowest BCUT2D eigenvalue weighted by atomic mass is 10.1. The molecule has 8 heteroatoms. The van der Waals surface area contributed by atoms with Crippen LogP contribution >= 0.6 is 11.6 Å². The highest BCUT2D eigenvalue weighted by molar-refractivity contribution is 6.33. The quantitative estimate of drug-likeness (QED) is 0.671. The van der Waals surface area contributed by atoms with Crippen LogP contribution in [0, 0.1) is 5.82 Å². The van der Waals surface area contributed by atoms with Crippen LogP contribution in [0.1, 0.15) is 47.1 Å². The number of piperidine rings is 1. The minimum absolute atomic E-state index is 0.0360. The summed E-state index contributed by atoms with van der Waals surface area (Å²) in [6.07, 6.45) is 3.33. The highest BCUT2D eigenvalue weighted by atomic mass is 35.5. The number of nitrogens with one attached hydrogen (secondary N) is 1. The standard InChI is InChI=1S/C21H20ClFN4O2/c22-15-10-7-11-16(23)17(15)19(28)24-18(14-8-3-1-4-9-14)20-25-26-21(29-20)27-12-5-2-6-13-27/h1,3-4,7-11,18H,2,5-6,12-13H2,(H,24,28). The van der Waals surface area contributed by atoms with Crippen LogP contribution in [0.3, 0.4) is 0 Å². The van der Waals surface area contributed by atoms with Gasteiger partial charge in [0.05, 0.1) is 10.6 Å². The second kappa shape index (κ2) is 8.61. The summed E-state index contributed by atoms with van der Waals surface area (Å²) in [6, 6.07) is 13.0. The zero-order chi connectivity index (χ0) is 20.2. The summed E-state index contributed by atoms with van der Waals surface area (Å²) in [7, 11) is 0. The van der Waals surface area contributed by atoms with E-state index in [0.29, 0.717) is 6.01 Å². The van der Waals surface area contributed by atoms with E-state index in [4.69, 9.17) is 16.0 Å². The Morgan fingerprint density at radius 2 is 1.83 bits per heavy atom. The van der Waals surface area contributed by atoms with Gasteiger partial charge in [0, 0.05) is 13.1 Å². The van der Waals surface area contributed by atoms with E-state index in [2.05, 4.69) is 15.5 Å². The summed E-state index contributed by atoms with van der Waals surface area (Å²) in [5.74, 6) is -1.11. The first kappa shape index (κ1) is 19.4. The third-order valence-corrected chi connectivity index (χ3v) is 5.22. The van der Waals surface area contributed by atoms with E-state index in [9.17, 15) is 9.18 Å². The van der Waals surface area contributed by atoms with E-state index in [1.54, 1.807) is 0 Å². The molecule has 1 aromatic heterocycles. The molecule has 1 N–H and O–H groups in total. The molecule has 2 heterocycles. The summed E-state index contributed by atoms with van der Waals surface area (Å²) in [5.41, 5.74) is 0.521. The number of nitrogens with zero attached hydrogens (tertiary/aromatic N) is 3. The second-order valence-corrected chi connectivity index (χ2v) is 7.29. The Labute approximate surface area is 172 Å². The van der Waals surface area contributed by atoms with Crippen LogP contribution in [0.15, 0.2) is 52.9 Å². The van der Waals surface area contributed by atoms with Crippen LogP contribution in [0.2, 0.25) is 5.02 Å². The van der Waals surface area contributed by atoms with E-state index in [1.807, 2.05) is 35.2 Å². The molecule has 1 saturated heterocycles. The molecule has 1 unspecified atom stereocenters. The Balaban J connectivity index is 1.64. The number of hydrogen-bond donors (Lipinski definition) is 1. The Morgan fingerprint density at radius 1 is 1.07 bits per heavy atom. The number of hydrogen-bond acceptors (Lipinski definition) is 5. The van der Waals surface area contributed by atoms with Gasteiger partial charge >= 0.3 is 6.01 Å². The summed E-state index contributed by atoms with van der Waals surface area (Å²) < 4.78 is 20.1. The molecule has 1 atom stereocenters. The van der Waals surface area contributed by atoms with Crippen LogP contribution in [0.25, 0.3) is 0 Å². The topological polar surface area (TPSA) is 71.3 Å². The van der Waals surface area contributed by atoms with Crippen LogP contribution in [0.5, 0.6) is 0 Å². The number of rotatable bonds is 5. The largest absolute Gasteiger partial charge is 0.405 e. The first-order valence-electron chi connectivity index (χ1n) is 9.51. The van der Waals surface area contributed by atoms with Crippen LogP contribution in [0.4, 0.5) is 10.4 Å². The molecule has 1 fully saturated rings. The van der Waals surface area contributed by atoms with Gasteiger partial charge in [-0.15, -0.1) is 5.10 Å². The summed E-state index contributed by atoms with van der Waals surface area (Å²) in [5, 5.41) is 11.1. The van der Waals surface area contributed by atoms with Crippen molar-refractivity contribution in [3.63, 3.8) is 0 Å². The predicted molar refractivity (Wildman–Crippen MR) is 108 cm³/mol. The molecule has 6 nitrogen and oxygen atoms in total. The van der Waals surface area contributed by atoms with E-state index in [1.165, 1.54) is 24.6 Å². The number of amides is 1. The molecule has 0 aliphatic carbocycles. The molecular weight excluding hydrogens is 395 g/mol. The van der Waals surface area contributed by atoms with Gasteiger partial charge in [-0.2, -0.15) is 0 Å². The summed E-state index contributed by atoms with van der Waals surface area (Å²) in [4.78, 5) is 14.9. The van der Waals surface area contributed by atoms with E-state index in [-0.39, 0.29) is 16.5 Å². The van der Waals surface area contributed by atoms with Crippen molar-refractivity contribution in [2.75, 3.05) is 18.0 Å². The monoisotopic (exact) mass is 414 g/mol. The maximum Gasteiger partial charge on any atom is 0.318 e. The van der Waals surface area contributed by atoms with Crippen LogP contribution < -0.4 is 10.2 Å². The van der Waals surface area contributed by atoms with Gasteiger partial charge in [0.15, 0.2) is 0 Å². The van der Waals surface area contributed by atoms with Crippen molar-refractivity contribution < 1.29 is 13.6 Å². The Bertz CT molecular complexity index is 969. The van der Waals surface area contributed by atoms with Crippen LogP contribution in [-0.2, 0) is 0 Å². The molecule has 0 bridgehead atoms. The number of halogens is 2. The number of carbonyl (C=O) groups excluding carboxylic acids is 1. The van der Waals surface area contributed by atoms with Gasteiger partial charge in [-0.1, -0.05) is 53.1 Å². The molecule has 4 rings (SSSR count). The molecule has 150 valence electrons. The molecule has 0 radical (unpaired) electrons. The molecule has 2 aromatic carbocycles. The number of anilines is 1. The van der Waals surface area contributed by atoms with E-state index < -0.39 is 17.8 Å². The molecule has 1 amide bonds. The SMILES string of the molecule is O=C(NC(c1ccccc1)c1nnc(N2CCCCC2)o1)c1c(F)cccc1Cl. The minimum atomic E-state index is -0.731. The van der Waals surface area contributed by atoms with Crippen molar-refractivity contribution in [3.05, 3.63) is 76.4 Å². The van der Waals surface area contributed by atoms with Crippen molar-refractivity contribution in [3.8, 4) is 0 Å². The molecule has 1 aliphatic rings. The average Bonchev–Trinajstić information content (AvgIpc) is 3.23. The van der Waals surface area contributed by atoms with Crippen molar-refractivity contribution in [2.24, 2.45) is 0 Å². The molecule has 0 saturated carbocycles. The molecule has 1 aliphatic heterocycles. The molecule has 3 aromatic rings. The summed E-state index contributed by atoms with van der Waals surface area (Å²) >= 11 is 6.05. The lowest BCUT2D eigenvalue weighted by Gasteiger charge is -2.24. The maximum atomic E-state index is 14.2. The van der Waals surface area contributed by atoms with Gasteiger partial charge in [0.2, 0.25) is 5.89 Å².